The van der Waals surface area contributed by atoms with Gasteiger partial charge in [-0.1, -0.05) is 6.92 Å². The van der Waals surface area contributed by atoms with Crippen LogP contribution in [0.1, 0.15) is 13.3 Å². The van der Waals surface area contributed by atoms with Gasteiger partial charge in [0.2, 0.25) is 5.96 Å². The molecule has 2 unspecified atom stereocenters. The number of aliphatic carboxylic acids is 1. The Morgan fingerprint density at radius 1 is 1.64 bits per heavy atom. The standard InChI is InChI=1S/C7H17N5O2/c1-4(5(8)6(13)14)2-3-11-7(9)12-10/h4-5H,2-3,8,10H2,1H3,(H,13,14)(H3,9,11,12). The number of nitrogens with two attached hydrogens (primary N) is 3. The molecule has 0 aromatic heterocycles. The van der Waals surface area contributed by atoms with Crippen molar-refractivity contribution in [2.45, 2.75) is 19.4 Å². The molecule has 0 saturated heterocycles. The fraction of sp³-hybridized carbons (Fsp3) is 0.714. The van der Waals surface area contributed by atoms with E-state index in [4.69, 9.17) is 22.4 Å². The van der Waals surface area contributed by atoms with E-state index in [-0.39, 0.29) is 11.9 Å². The first-order valence-electron chi connectivity index (χ1n) is 4.24. The van der Waals surface area contributed by atoms with Crippen molar-refractivity contribution in [3.05, 3.63) is 0 Å². The van der Waals surface area contributed by atoms with Crippen LogP contribution in [0, 0.1) is 5.92 Å². The zero-order valence-electron chi connectivity index (χ0n) is 8.10. The summed E-state index contributed by atoms with van der Waals surface area (Å²) >= 11 is 0. The molecule has 0 aliphatic carbocycles. The molecule has 0 aromatic carbocycles. The number of rotatable bonds is 5. The Kier molecular flexibility index (Phi) is 5.58. The molecule has 82 valence electrons. The van der Waals surface area contributed by atoms with Crippen molar-refractivity contribution < 1.29 is 9.90 Å². The zero-order chi connectivity index (χ0) is 11.1. The Morgan fingerprint density at radius 3 is 2.64 bits per heavy atom. The molecule has 0 aromatic rings. The first-order valence-corrected chi connectivity index (χ1v) is 4.24. The maximum atomic E-state index is 10.5. The van der Waals surface area contributed by atoms with Gasteiger partial charge in [-0.25, -0.2) is 5.84 Å². The number of nitrogens with zero attached hydrogens (tertiary/aromatic N) is 1. The summed E-state index contributed by atoms with van der Waals surface area (Å²) in [7, 11) is 0. The van der Waals surface area contributed by atoms with Gasteiger partial charge in [0.1, 0.15) is 6.04 Å². The van der Waals surface area contributed by atoms with Crippen LogP contribution in [-0.2, 0) is 4.79 Å². The predicted octanol–water partition coefficient (Wildman–Crippen LogP) is -1.80. The van der Waals surface area contributed by atoms with Gasteiger partial charge in [-0.15, -0.1) is 0 Å². The number of nitrogens with one attached hydrogen (secondary N) is 1. The summed E-state index contributed by atoms with van der Waals surface area (Å²) in [4.78, 5) is 14.3. The average Bonchev–Trinajstić information content (AvgIpc) is 2.15. The molecule has 7 nitrogen and oxygen atoms in total. The van der Waals surface area contributed by atoms with Gasteiger partial charge in [-0.2, -0.15) is 0 Å². The third kappa shape index (κ3) is 4.63. The van der Waals surface area contributed by atoms with Crippen molar-refractivity contribution in [1.82, 2.24) is 5.43 Å². The van der Waals surface area contributed by atoms with Gasteiger partial charge in [0, 0.05) is 6.54 Å². The van der Waals surface area contributed by atoms with E-state index in [0.29, 0.717) is 13.0 Å². The van der Waals surface area contributed by atoms with Gasteiger partial charge >= 0.3 is 5.97 Å². The highest BCUT2D eigenvalue weighted by Crippen LogP contribution is 2.06. The Balaban J connectivity index is 3.85. The highest BCUT2D eigenvalue weighted by atomic mass is 16.4. The number of aliphatic imine (C=N–C) groups is 1. The molecule has 7 heteroatoms. The Labute approximate surface area is 82.3 Å². The van der Waals surface area contributed by atoms with Gasteiger partial charge in [0.05, 0.1) is 0 Å². The van der Waals surface area contributed by atoms with E-state index < -0.39 is 12.0 Å². The Hall–Kier alpha value is -1.34. The molecule has 0 aliphatic heterocycles. The summed E-state index contributed by atoms with van der Waals surface area (Å²) in [6, 6.07) is -0.864. The fourth-order valence-electron chi connectivity index (χ4n) is 0.857. The van der Waals surface area contributed by atoms with Gasteiger partial charge in [0.15, 0.2) is 0 Å². The van der Waals surface area contributed by atoms with Crippen LogP contribution in [0.15, 0.2) is 4.99 Å². The minimum atomic E-state index is -1.01. The fourth-order valence-corrected chi connectivity index (χ4v) is 0.857. The van der Waals surface area contributed by atoms with Crippen molar-refractivity contribution in [2.75, 3.05) is 6.54 Å². The summed E-state index contributed by atoms with van der Waals surface area (Å²) in [5.74, 6) is 3.94. The van der Waals surface area contributed by atoms with Crippen molar-refractivity contribution >= 4 is 11.9 Å². The molecule has 2 atom stereocenters. The van der Waals surface area contributed by atoms with E-state index in [1.165, 1.54) is 0 Å². The van der Waals surface area contributed by atoms with Crippen LogP contribution < -0.4 is 22.7 Å². The van der Waals surface area contributed by atoms with Crippen LogP contribution >= 0.6 is 0 Å². The zero-order valence-corrected chi connectivity index (χ0v) is 8.10. The second-order valence-corrected chi connectivity index (χ2v) is 3.04. The van der Waals surface area contributed by atoms with E-state index in [1.807, 2.05) is 0 Å². The molecular formula is C7H17N5O2. The third-order valence-electron chi connectivity index (χ3n) is 1.91. The number of carbonyl (C=O) groups is 1. The molecule has 0 rings (SSSR count). The highest BCUT2D eigenvalue weighted by Gasteiger charge is 2.18. The quantitative estimate of drug-likeness (QED) is 0.155. The Bertz CT molecular complexity index is 218. The summed E-state index contributed by atoms with van der Waals surface area (Å²) in [6.07, 6.45) is 0.551. The lowest BCUT2D eigenvalue weighted by Crippen LogP contribution is -2.38. The minimum Gasteiger partial charge on any atom is -0.480 e. The topological polar surface area (TPSA) is 140 Å². The first kappa shape index (κ1) is 12.7. The number of carboxylic acid groups (broad SMARTS) is 1. The number of hydrogen-bond acceptors (Lipinski definition) is 4. The van der Waals surface area contributed by atoms with Crippen LogP contribution in [0.2, 0.25) is 0 Å². The second-order valence-electron chi connectivity index (χ2n) is 3.04. The summed E-state index contributed by atoms with van der Waals surface area (Å²) in [6.45, 7) is 2.15. The van der Waals surface area contributed by atoms with Gasteiger partial charge < -0.3 is 16.6 Å². The SMILES string of the molecule is CC(CCN=C(N)NN)C(N)C(=O)O. The van der Waals surface area contributed by atoms with Crippen molar-refractivity contribution in [1.29, 1.82) is 0 Å². The normalized spacial score (nSPS) is 16.1. The lowest BCUT2D eigenvalue weighted by molar-refractivity contribution is -0.139. The van der Waals surface area contributed by atoms with Crippen molar-refractivity contribution in [3.63, 3.8) is 0 Å². The van der Waals surface area contributed by atoms with Crippen LogP contribution in [0.4, 0.5) is 0 Å². The van der Waals surface area contributed by atoms with Gasteiger partial charge in [0.25, 0.3) is 0 Å². The molecule has 0 aliphatic rings. The van der Waals surface area contributed by atoms with Gasteiger partial charge in [-0.3, -0.25) is 15.2 Å². The molecule has 0 heterocycles. The molecular weight excluding hydrogens is 186 g/mol. The third-order valence-corrected chi connectivity index (χ3v) is 1.91. The summed E-state index contributed by atoms with van der Waals surface area (Å²) in [5.41, 5.74) is 12.8. The lowest BCUT2D eigenvalue weighted by atomic mass is 9.99. The summed E-state index contributed by atoms with van der Waals surface area (Å²) in [5, 5.41) is 8.59. The number of hydrazine groups is 1. The van der Waals surface area contributed by atoms with Crippen LogP contribution in [0.25, 0.3) is 0 Å². The molecule has 0 spiro atoms. The molecule has 0 radical (unpaired) electrons. The maximum absolute atomic E-state index is 10.5. The first-order chi connectivity index (χ1) is 6.49. The van der Waals surface area contributed by atoms with Crippen LogP contribution in [0.5, 0.6) is 0 Å². The van der Waals surface area contributed by atoms with E-state index in [2.05, 4.69) is 10.4 Å². The minimum absolute atomic E-state index is 0.126. The highest BCUT2D eigenvalue weighted by molar-refractivity contribution is 5.77. The smallest absolute Gasteiger partial charge is 0.320 e. The molecule has 8 N–H and O–H groups in total. The number of carboxylic acids is 1. The molecule has 0 saturated carbocycles. The molecule has 0 bridgehead atoms. The Morgan fingerprint density at radius 2 is 2.21 bits per heavy atom. The molecule has 14 heavy (non-hydrogen) atoms. The molecule has 0 fully saturated rings. The lowest BCUT2D eigenvalue weighted by Gasteiger charge is -2.14. The summed E-state index contributed by atoms with van der Waals surface area (Å²) < 4.78 is 0. The second kappa shape index (κ2) is 6.17. The van der Waals surface area contributed by atoms with Crippen LogP contribution in [0.3, 0.4) is 0 Å². The number of guanidine groups is 1. The monoisotopic (exact) mass is 203 g/mol. The predicted molar refractivity (Wildman–Crippen MR) is 53.2 cm³/mol. The maximum Gasteiger partial charge on any atom is 0.320 e. The van der Waals surface area contributed by atoms with E-state index in [0.717, 1.165) is 0 Å². The largest absolute Gasteiger partial charge is 0.480 e. The van der Waals surface area contributed by atoms with Crippen LogP contribution in [-0.4, -0.2) is 29.6 Å². The molecule has 0 amide bonds. The van der Waals surface area contributed by atoms with E-state index in [9.17, 15) is 4.79 Å². The van der Waals surface area contributed by atoms with Crippen molar-refractivity contribution in [3.8, 4) is 0 Å². The van der Waals surface area contributed by atoms with E-state index >= 15 is 0 Å². The van der Waals surface area contributed by atoms with Gasteiger partial charge in [-0.05, 0) is 12.3 Å². The number of hydrogen-bond donors (Lipinski definition) is 5. The average molecular weight is 203 g/mol. The van der Waals surface area contributed by atoms with E-state index in [1.54, 1.807) is 6.92 Å². The van der Waals surface area contributed by atoms with Crippen molar-refractivity contribution in [2.24, 2.45) is 28.2 Å².